The zero-order valence-electron chi connectivity index (χ0n) is 10.7. The lowest BCUT2D eigenvalue weighted by molar-refractivity contribution is 0.149. The molecule has 2 unspecified atom stereocenters. The minimum atomic E-state index is -0.858. The van der Waals surface area contributed by atoms with Crippen LogP contribution in [0, 0.1) is 12.7 Å². The first kappa shape index (κ1) is 15.9. The summed E-state index contributed by atoms with van der Waals surface area (Å²) in [6, 6.07) is 6.62. The zero-order chi connectivity index (χ0) is 14.9. The lowest BCUT2D eigenvalue weighted by Crippen LogP contribution is -2.20. The Labute approximate surface area is 134 Å². The van der Waals surface area contributed by atoms with E-state index in [-0.39, 0.29) is 11.6 Å². The van der Waals surface area contributed by atoms with Gasteiger partial charge in [0.15, 0.2) is 0 Å². The second-order valence-corrected chi connectivity index (χ2v) is 7.34. The molecule has 0 aliphatic heterocycles. The maximum atomic E-state index is 14.1. The minimum Gasteiger partial charge on any atom is -0.387 e. The Morgan fingerprint density at radius 3 is 2.75 bits per heavy atom. The van der Waals surface area contributed by atoms with E-state index in [4.69, 9.17) is 17.3 Å². The molecule has 20 heavy (non-hydrogen) atoms. The van der Waals surface area contributed by atoms with Crippen LogP contribution in [0.15, 0.2) is 28.1 Å². The standard InChI is InChI=1S/C14H14BrClFNOS/c1-7-5-11(20-14(7)15)13(19)9(6-18)8-3-2-4-10(16)12(8)17/h2-5,9,13,19H,6,18H2,1H3. The van der Waals surface area contributed by atoms with Crippen molar-refractivity contribution in [2.45, 2.75) is 18.9 Å². The molecule has 1 aromatic heterocycles. The fourth-order valence-corrected chi connectivity index (χ4v) is 3.86. The number of rotatable bonds is 4. The summed E-state index contributed by atoms with van der Waals surface area (Å²) in [5.74, 6) is -1.05. The number of halogens is 3. The number of nitrogens with two attached hydrogens (primary N) is 1. The monoisotopic (exact) mass is 377 g/mol. The molecule has 2 atom stereocenters. The van der Waals surface area contributed by atoms with Gasteiger partial charge in [-0.25, -0.2) is 4.39 Å². The van der Waals surface area contributed by atoms with E-state index in [0.717, 1.165) is 14.2 Å². The topological polar surface area (TPSA) is 46.2 Å². The molecule has 0 radical (unpaired) electrons. The van der Waals surface area contributed by atoms with Crippen LogP contribution in [0.5, 0.6) is 0 Å². The smallest absolute Gasteiger partial charge is 0.145 e. The van der Waals surface area contributed by atoms with Gasteiger partial charge in [-0.3, -0.25) is 0 Å². The number of hydrogen-bond donors (Lipinski definition) is 2. The van der Waals surface area contributed by atoms with E-state index in [2.05, 4.69) is 15.9 Å². The van der Waals surface area contributed by atoms with Gasteiger partial charge in [-0.1, -0.05) is 23.7 Å². The van der Waals surface area contributed by atoms with E-state index in [1.807, 2.05) is 13.0 Å². The molecule has 0 aliphatic carbocycles. The number of hydrogen-bond acceptors (Lipinski definition) is 3. The summed E-state index contributed by atoms with van der Waals surface area (Å²) in [4.78, 5) is 0.754. The molecule has 1 aromatic carbocycles. The summed E-state index contributed by atoms with van der Waals surface area (Å²) in [5.41, 5.74) is 7.11. The maximum Gasteiger partial charge on any atom is 0.145 e. The van der Waals surface area contributed by atoms with Gasteiger partial charge in [-0.05, 0) is 46.1 Å². The first-order valence-electron chi connectivity index (χ1n) is 6.03. The second kappa shape index (κ2) is 6.54. The molecule has 0 saturated carbocycles. The number of aliphatic hydroxyl groups is 1. The van der Waals surface area contributed by atoms with Crippen molar-refractivity contribution in [2.24, 2.45) is 5.73 Å². The molecule has 0 aliphatic rings. The Morgan fingerprint density at radius 1 is 1.50 bits per heavy atom. The third-order valence-corrected chi connectivity index (χ3v) is 5.68. The summed E-state index contributed by atoms with van der Waals surface area (Å²) in [6.07, 6.45) is -0.858. The van der Waals surface area contributed by atoms with E-state index in [0.29, 0.717) is 5.56 Å². The van der Waals surface area contributed by atoms with Crippen molar-refractivity contribution in [3.63, 3.8) is 0 Å². The SMILES string of the molecule is Cc1cc(C(O)C(CN)c2cccc(Cl)c2F)sc1Br. The van der Waals surface area contributed by atoms with Crippen molar-refractivity contribution < 1.29 is 9.50 Å². The lowest BCUT2D eigenvalue weighted by atomic mass is 9.92. The lowest BCUT2D eigenvalue weighted by Gasteiger charge is -2.21. The van der Waals surface area contributed by atoms with E-state index in [9.17, 15) is 9.50 Å². The molecular formula is C14H14BrClFNOS. The molecule has 108 valence electrons. The molecule has 0 saturated heterocycles. The maximum absolute atomic E-state index is 14.1. The van der Waals surface area contributed by atoms with Crippen molar-refractivity contribution in [1.82, 2.24) is 0 Å². The Bertz CT molecular complexity index is 600. The van der Waals surface area contributed by atoms with Crippen molar-refractivity contribution in [2.75, 3.05) is 6.54 Å². The molecule has 3 N–H and O–H groups in total. The van der Waals surface area contributed by atoms with E-state index >= 15 is 0 Å². The minimum absolute atomic E-state index is 0.0386. The summed E-state index contributed by atoms with van der Waals surface area (Å²) in [5, 5.41) is 10.5. The van der Waals surface area contributed by atoms with Crippen LogP contribution in [0.4, 0.5) is 4.39 Å². The molecule has 6 heteroatoms. The third-order valence-electron chi connectivity index (χ3n) is 3.18. The van der Waals surface area contributed by atoms with Crippen molar-refractivity contribution >= 4 is 38.9 Å². The molecule has 0 fully saturated rings. The predicted octanol–water partition coefficient (Wildman–Crippen LogP) is 4.39. The quantitative estimate of drug-likeness (QED) is 0.829. The highest BCUT2D eigenvalue weighted by molar-refractivity contribution is 9.11. The van der Waals surface area contributed by atoms with Crippen LogP contribution in [0.25, 0.3) is 0 Å². The summed E-state index contributed by atoms with van der Waals surface area (Å²) in [7, 11) is 0. The van der Waals surface area contributed by atoms with Crippen LogP contribution in [0.1, 0.15) is 28.0 Å². The van der Waals surface area contributed by atoms with Crippen LogP contribution in [-0.2, 0) is 0 Å². The molecule has 2 rings (SSSR count). The molecule has 2 nitrogen and oxygen atoms in total. The predicted molar refractivity (Wildman–Crippen MR) is 84.9 cm³/mol. The Balaban J connectivity index is 2.39. The fraction of sp³-hybridized carbons (Fsp3) is 0.286. The van der Waals surface area contributed by atoms with Crippen molar-refractivity contribution in [3.05, 3.63) is 54.9 Å². The van der Waals surface area contributed by atoms with Crippen LogP contribution >= 0.6 is 38.9 Å². The van der Waals surface area contributed by atoms with E-state index in [1.165, 1.54) is 17.4 Å². The first-order valence-corrected chi connectivity index (χ1v) is 8.02. The van der Waals surface area contributed by atoms with Gasteiger partial charge < -0.3 is 10.8 Å². The van der Waals surface area contributed by atoms with Crippen LogP contribution in [-0.4, -0.2) is 11.7 Å². The van der Waals surface area contributed by atoms with Crippen molar-refractivity contribution in [3.8, 4) is 0 Å². The van der Waals surface area contributed by atoms with Gasteiger partial charge in [0, 0.05) is 17.3 Å². The fourth-order valence-electron chi connectivity index (χ4n) is 2.06. The van der Waals surface area contributed by atoms with E-state index in [1.54, 1.807) is 12.1 Å². The summed E-state index contributed by atoms with van der Waals surface area (Å²) < 4.78 is 15.0. The average Bonchev–Trinajstić information content (AvgIpc) is 2.75. The highest BCUT2D eigenvalue weighted by Gasteiger charge is 2.26. The normalized spacial score (nSPS) is 14.3. The van der Waals surface area contributed by atoms with Gasteiger partial charge in [0.2, 0.25) is 0 Å². The molecule has 1 heterocycles. The molecule has 2 aromatic rings. The average molecular weight is 379 g/mol. The number of thiophene rings is 1. The summed E-state index contributed by atoms with van der Waals surface area (Å²) >= 11 is 10.6. The highest BCUT2D eigenvalue weighted by Crippen LogP contribution is 2.39. The van der Waals surface area contributed by atoms with Gasteiger partial charge in [0.1, 0.15) is 5.82 Å². The van der Waals surface area contributed by atoms with Crippen LogP contribution < -0.4 is 5.73 Å². The van der Waals surface area contributed by atoms with Crippen LogP contribution in [0.3, 0.4) is 0 Å². The number of aryl methyl sites for hydroxylation is 1. The van der Waals surface area contributed by atoms with Crippen molar-refractivity contribution in [1.29, 1.82) is 0 Å². The zero-order valence-corrected chi connectivity index (χ0v) is 13.9. The highest BCUT2D eigenvalue weighted by atomic mass is 79.9. The van der Waals surface area contributed by atoms with Gasteiger partial charge in [0.25, 0.3) is 0 Å². The van der Waals surface area contributed by atoms with Gasteiger partial charge >= 0.3 is 0 Å². The molecule has 0 amide bonds. The molecule has 0 spiro atoms. The van der Waals surface area contributed by atoms with Gasteiger partial charge in [-0.15, -0.1) is 11.3 Å². The second-order valence-electron chi connectivity index (χ2n) is 4.54. The van der Waals surface area contributed by atoms with Gasteiger partial charge in [-0.2, -0.15) is 0 Å². The summed E-state index contributed by atoms with van der Waals surface area (Å²) in [6.45, 7) is 2.07. The Morgan fingerprint density at radius 2 is 2.20 bits per heavy atom. The van der Waals surface area contributed by atoms with Crippen LogP contribution in [0.2, 0.25) is 5.02 Å². The number of benzene rings is 1. The first-order chi connectivity index (χ1) is 9.45. The number of aliphatic hydroxyl groups excluding tert-OH is 1. The Hall–Kier alpha value is -0.460. The van der Waals surface area contributed by atoms with Gasteiger partial charge in [0.05, 0.1) is 14.9 Å². The van der Waals surface area contributed by atoms with E-state index < -0.39 is 17.8 Å². The Kier molecular flexibility index (Phi) is 5.20. The molecular weight excluding hydrogens is 365 g/mol. The molecule has 0 bridgehead atoms. The largest absolute Gasteiger partial charge is 0.387 e. The third kappa shape index (κ3) is 3.07.